The molecule has 3 aliphatic rings. The molecule has 0 bridgehead atoms. The van der Waals surface area contributed by atoms with E-state index in [1.807, 2.05) is 0 Å². The molecule has 2 heteroatoms. The maximum atomic E-state index is 3.93. The lowest BCUT2D eigenvalue weighted by atomic mass is 9.66. The smallest absolute Gasteiger partial charge is 0.0254 e. The third-order valence-corrected chi connectivity index (χ3v) is 5.74. The van der Waals surface area contributed by atoms with Gasteiger partial charge in [0, 0.05) is 24.2 Å². The van der Waals surface area contributed by atoms with Crippen LogP contribution in [0.15, 0.2) is 0 Å². The summed E-state index contributed by atoms with van der Waals surface area (Å²) >= 11 is 0. The van der Waals surface area contributed by atoms with Crippen LogP contribution in [-0.4, -0.2) is 24.2 Å². The number of piperidine rings is 2. The van der Waals surface area contributed by atoms with E-state index >= 15 is 0 Å². The maximum absolute atomic E-state index is 3.93. The Hall–Kier alpha value is -0.0800. The molecule has 0 aromatic carbocycles. The average Bonchev–Trinajstić information content (AvgIpc) is 2.31. The molecule has 3 rings (SSSR count). The summed E-state index contributed by atoms with van der Waals surface area (Å²) in [6.07, 6.45) is 7.20. The van der Waals surface area contributed by atoms with E-state index in [-0.39, 0.29) is 0 Å². The van der Waals surface area contributed by atoms with Gasteiger partial charge < -0.3 is 10.6 Å². The molecule has 0 spiro atoms. The summed E-state index contributed by atoms with van der Waals surface area (Å²) in [5.74, 6) is 2.73. The Morgan fingerprint density at radius 1 is 0.765 bits per heavy atom. The number of rotatable bonds is 0. The van der Waals surface area contributed by atoms with Crippen molar-refractivity contribution < 1.29 is 0 Å². The van der Waals surface area contributed by atoms with Gasteiger partial charge in [-0.25, -0.2) is 0 Å². The number of nitrogens with one attached hydrogen (secondary N) is 2. The highest BCUT2D eigenvalue weighted by molar-refractivity contribution is 5.03. The van der Waals surface area contributed by atoms with Gasteiger partial charge in [-0.15, -0.1) is 0 Å². The Kier molecular flexibility index (Phi) is 3.20. The van der Waals surface area contributed by atoms with Crippen LogP contribution in [0.3, 0.4) is 0 Å². The second kappa shape index (κ2) is 4.55. The normalized spacial score (nSPS) is 54.9. The summed E-state index contributed by atoms with van der Waals surface area (Å²) in [5, 5.41) is 7.82. The van der Waals surface area contributed by atoms with Gasteiger partial charge in [0.25, 0.3) is 0 Å². The molecule has 0 aromatic rings. The maximum Gasteiger partial charge on any atom is 0.0254 e. The monoisotopic (exact) mass is 236 g/mol. The lowest BCUT2D eigenvalue weighted by Crippen LogP contribution is -2.65. The van der Waals surface area contributed by atoms with Crippen LogP contribution in [0.5, 0.6) is 0 Å². The van der Waals surface area contributed by atoms with Gasteiger partial charge in [-0.05, 0) is 63.7 Å². The molecule has 7 atom stereocenters. The van der Waals surface area contributed by atoms with Gasteiger partial charge in [-0.1, -0.05) is 6.92 Å². The molecule has 98 valence electrons. The van der Waals surface area contributed by atoms with Crippen LogP contribution in [0.2, 0.25) is 0 Å². The molecule has 2 nitrogen and oxygen atoms in total. The van der Waals surface area contributed by atoms with Gasteiger partial charge in [-0.3, -0.25) is 0 Å². The minimum atomic E-state index is 0.703. The molecule has 2 aliphatic heterocycles. The molecule has 2 saturated heterocycles. The number of hydrogen-bond acceptors (Lipinski definition) is 2. The summed E-state index contributed by atoms with van der Waals surface area (Å²) in [6, 6.07) is 2.94. The lowest BCUT2D eigenvalue weighted by molar-refractivity contribution is 0.0507. The topological polar surface area (TPSA) is 24.1 Å². The van der Waals surface area contributed by atoms with Gasteiger partial charge >= 0.3 is 0 Å². The molecule has 0 radical (unpaired) electrons. The van der Waals surface area contributed by atoms with Crippen molar-refractivity contribution in [2.45, 2.75) is 77.0 Å². The molecule has 1 aliphatic carbocycles. The van der Waals surface area contributed by atoms with Crippen molar-refractivity contribution >= 4 is 0 Å². The first kappa shape index (κ1) is 12.0. The molecule has 3 fully saturated rings. The molecular weight excluding hydrogens is 208 g/mol. The fourth-order valence-electron chi connectivity index (χ4n) is 4.47. The van der Waals surface area contributed by atoms with Crippen LogP contribution in [-0.2, 0) is 0 Å². The highest BCUT2D eigenvalue weighted by Crippen LogP contribution is 2.40. The Labute approximate surface area is 106 Å². The van der Waals surface area contributed by atoms with Crippen molar-refractivity contribution in [2.24, 2.45) is 17.8 Å². The van der Waals surface area contributed by atoms with E-state index in [1.165, 1.54) is 32.1 Å². The SMILES string of the molecule is CC1CCC2CCC3CC(C)C(C)NC3C2N1. The second-order valence-corrected chi connectivity index (χ2v) is 6.96. The first-order valence-corrected chi connectivity index (χ1v) is 7.67. The van der Waals surface area contributed by atoms with Crippen molar-refractivity contribution in [3.8, 4) is 0 Å². The Balaban J connectivity index is 1.75. The summed E-state index contributed by atoms with van der Waals surface area (Å²) in [6.45, 7) is 7.14. The van der Waals surface area contributed by atoms with E-state index in [0.717, 1.165) is 35.9 Å². The van der Waals surface area contributed by atoms with Crippen molar-refractivity contribution in [1.29, 1.82) is 0 Å². The van der Waals surface area contributed by atoms with Crippen LogP contribution in [0.25, 0.3) is 0 Å². The minimum Gasteiger partial charge on any atom is -0.310 e. The van der Waals surface area contributed by atoms with Crippen LogP contribution in [0, 0.1) is 17.8 Å². The number of hydrogen-bond donors (Lipinski definition) is 2. The fraction of sp³-hybridized carbons (Fsp3) is 1.00. The van der Waals surface area contributed by atoms with Crippen molar-refractivity contribution in [3.05, 3.63) is 0 Å². The van der Waals surface area contributed by atoms with E-state index < -0.39 is 0 Å². The quantitative estimate of drug-likeness (QED) is 0.675. The molecule has 1 saturated carbocycles. The zero-order valence-electron chi connectivity index (χ0n) is 11.6. The molecular formula is C15H28N2. The van der Waals surface area contributed by atoms with Crippen LogP contribution in [0.4, 0.5) is 0 Å². The van der Waals surface area contributed by atoms with E-state index in [2.05, 4.69) is 31.4 Å². The van der Waals surface area contributed by atoms with E-state index in [0.29, 0.717) is 6.04 Å². The van der Waals surface area contributed by atoms with Gasteiger partial charge in [0.1, 0.15) is 0 Å². The van der Waals surface area contributed by atoms with Crippen molar-refractivity contribution in [3.63, 3.8) is 0 Å². The fourth-order valence-corrected chi connectivity index (χ4v) is 4.47. The van der Waals surface area contributed by atoms with Crippen molar-refractivity contribution in [1.82, 2.24) is 10.6 Å². The molecule has 17 heavy (non-hydrogen) atoms. The number of fused-ring (bicyclic) bond motifs is 3. The Morgan fingerprint density at radius 3 is 2.24 bits per heavy atom. The van der Waals surface area contributed by atoms with E-state index in [9.17, 15) is 0 Å². The molecule has 2 N–H and O–H groups in total. The van der Waals surface area contributed by atoms with Gasteiger partial charge in [0.15, 0.2) is 0 Å². The molecule has 2 heterocycles. The predicted octanol–water partition coefficient (Wildman–Crippen LogP) is 2.54. The highest BCUT2D eigenvalue weighted by atomic mass is 15.1. The Morgan fingerprint density at radius 2 is 1.41 bits per heavy atom. The van der Waals surface area contributed by atoms with Gasteiger partial charge in [0.05, 0.1) is 0 Å². The molecule has 0 aromatic heterocycles. The molecule has 0 amide bonds. The zero-order valence-corrected chi connectivity index (χ0v) is 11.6. The van der Waals surface area contributed by atoms with Gasteiger partial charge in [0.2, 0.25) is 0 Å². The Bertz CT molecular complexity index is 278. The summed E-state index contributed by atoms with van der Waals surface area (Å²) in [5.41, 5.74) is 0. The highest BCUT2D eigenvalue weighted by Gasteiger charge is 2.44. The van der Waals surface area contributed by atoms with E-state index in [4.69, 9.17) is 0 Å². The summed E-state index contributed by atoms with van der Waals surface area (Å²) in [7, 11) is 0. The standard InChI is InChI=1S/C15H28N2/c1-9-8-13-7-6-12-5-4-10(2)16-14(12)15(13)17-11(9)3/h9-17H,4-8H2,1-3H3. The predicted molar refractivity (Wildman–Crippen MR) is 72.0 cm³/mol. The second-order valence-electron chi connectivity index (χ2n) is 6.96. The largest absolute Gasteiger partial charge is 0.310 e. The third-order valence-electron chi connectivity index (χ3n) is 5.74. The van der Waals surface area contributed by atoms with Crippen LogP contribution in [0.1, 0.15) is 52.9 Å². The van der Waals surface area contributed by atoms with Crippen molar-refractivity contribution in [2.75, 3.05) is 0 Å². The summed E-state index contributed by atoms with van der Waals surface area (Å²) < 4.78 is 0. The molecule has 7 unspecified atom stereocenters. The first-order chi connectivity index (χ1) is 8.15. The minimum absolute atomic E-state index is 0.703. The third kappa shape index (κ3) is 2.15. The lowest BCUT2D eigenvalue weighted by Gasteiger charge is -2.52. The first-order valence-electron chi connectivity index (χ1n) is 7.67. The van der Waals surface area contributed by atoms with E-state index in [1.54, 1.807) is 0 Å². The van der Waals surface area contributed by atoms with Crippen LogP contribution < -0.4 is 10.6 Å². The average molecular weight is 236 g/mol. The van der Waals surface area contributed by atoms with Gasteiger partial charge in [-0.2, -0.15) is 0 Å². The zero-order chi connectivity index (χ0) is 12.0. The summed E-state index contributed by atoms with van der Waals surface area (Å²) in [4.78, 5) is 0. The van der Waals surface area contributed by atoms with Crippen LogP contribution >= 0.6 is 0 Å².